The predicted octanol–water partition coefficient (Wildman–Crippen LogP) is 1.89. The van der Waals surface area contributed by atoms with Crippen molar-refractivity contribution in [3.63, 3.8) is 0 Å². The number of aromatic nitrogens is 3. The van der Waals surface area contributed by atoms with Crippen LogP contribution in [0.5, 0.6) is 0 Å². The van der Waals surface area contributed by atoms with Crippen LogP contribution in [0.4, 0.5) is 5.13 Å². The molecule has 0 radical (unpaired) electrons. The fraction of sp³-hybridized carbons (Fsp3) is 0.125. The van der Waals surface area contributed by atoms with E-state index in [1.165, 1.54) is 11.3 Å². The molecule has 14 heavy (non-hydrogen) atoms. The summed E-state index contributed by atoms with van der Waals surface area (Å²) in [7, 11) is 0. The normalized spacial score (nSPS) is 10.1. The lowest BCUT2D eigenvalue weighted by molar-refractivity contribution is 1.14. The maximum atomic E-state index is 5.14. The first-order valence-corrected chi connectivity index (χ1v) is 5.26. The van der Waals surface area contributed by atoms with Crippen molar-refractivity contribution >= 4 is 33.8 Å². The minimum atomic E-state index is 0.580. The number of thiocarbonyl (C=S) groups is 1. The van der Waals surface area contributed by atoms with Gasteiger partial charge in [-0.15, -0.1) is 11.3 Å². The van der Waals surface area contributed by atoms with Crippen LogP contribution < -0.4 is 5.32 Å². The van der Waals surface area contributed by atoms with Gasteiger partial charge in [0.25, 0.3) is 0 Å². The molecule has 0 aliphatic heterocycles. The third-order valence-corrected chi connectivity index (χ3v) is 2.76. The lowest BCUT2D eigenvalue weighted by atomic mass is 10.6. The Labute approximate surface area is 90.6 Å². The summed E-state index contributed by atoms with van der Waals surface area (Å²) in [6.07, 6.45) is 5.12. The van der Waals surface area contributed by atoms with Crippen molar-refractivity contribution in [1.82, 2.24) is 14.5 Å². The number of hydrogen-bond acceptors (Lipinski definition) is 4. The summed E-state index contributed by atoms with van der Waals surface area (Å²) in [4.78, 5) is 8.16. The van der Waals surface area contributed by atoms with Crippen LogP contribution in [0.3, 0.4) is 0 Å². The quantitative estimate of drug-likeness (QED) is 0.751. The molecule has 0 amide bonds. The van der Waals surface area contributed by atoms with Gasteiger partial charge in [-0.2, -0.15) is 0 Å². The molecule has 0 spiro atoms. The van der Waals surface area contributed by atoms with Crippen molar-refractivity contribution in [1.29, 1.82) is 0 Å². The van der Waals surface area contributed by atoms with Crippen LogP contribution >= 0.6 is 23.6 Å². The maximum absolute atomic E-state index is 5.14. The molecule has 0 unspecified atom stereocenters. The molecule has 1 N–H and O–H groups in total. The molecule has 6 heteroatoms. The molecule has 2 rings (SSSR count). The lowest BCUT2D eigenvalue weighted by Gasteiger charge is -2.03. The van der Waals surface area contributed by atoms with Gasteiger partial charge in [0.2, 0.25) is 0 Å². The Balaban J connectivity index is 2.09. The van der Waals surface area contributed by atoms with Gasteiger partial charge in [0.1, 0.15) is 6.33 Å². The van der Waals surface area contributed by atoms with Crippen LogP contribution in [0.15, 0.2) is 24.1 Å². The highest BCUT2D eigenvalue weighted by Crippen LogP contribution is 2.14. The summed E-state index contributed by atoms with van der Waals surface area (Å²) in [5.41, 5.74) is 0.992. The summed E-state index contributed by atoms with van der Waals surface area (Å²) in [6, 6.07) is 0. The van der Waals surface area contributed by atoms with Crippen LogP contribution in [0.1, 0.15) is 5.69 Å². The zero-order chi connectivity index (χ0) is 9.97. The van der Waals surface area contributed by atoms with Gasteiger partial charge in [0, 0.05) is 17.8 Å². The third-order valence-electron chi connectivity index (χ3n) is 1.57. The lowest BCUT2D eigenvalue weighted by Crippen LogP contribution is -2.17. The summed E-state index contributed by atoms with van der Waals surface area (Å²) in [5.74, 6) is 0. The number of aryl methyl sites for hydroxylation is 1. The Morgan fingerprint density at radius 3 is 3.07 bits per heavy atom. The molecule has 2 aromatic rings. The van der Waals surface area contributed by atoms with Crippen molar-refractivity contribution in [2.45, 2.75) is 6.92 Å². The van der Waals surface area contributed by atoms with Crippen molar-refractivity contribution in [3.05, 3.63) is 29.8 Å². The molecular formula is C8H8N4S2. The second-order valence-corrected chi connectivity index (χ2v) is 3.94. The van der Waals surface area contributed by atoms with Gasteiger partial charge in [0.05, 0.1) is 5.69 Å². The molecule has 0 atom stereocenters. The zero-order valence-electron chi connectivity index (χ0n) is 7.47. The second kappa shape index (κ2) is 3.85. The van der Waals surface area contributed by atoms with E-state index < -0.39 is 0 Å². The number of rotatable bonds is 1. The molecule has 2 heterocycles. The van der Waals surface area contributed by atoms with E-state index in [2.05, 4.69) is 15.3 Å². The fourth-order valence-corrected chi connectivity index (χ4v) is 1.90. The summed E-state index contributed by atoms with van der Waals surface area (Å²) >= 11 is 6.68. The first-order valence-electron chi connectivity index (χ1n) is 3.97. The van der Waals surface area contributed by atoms with E-state index in [9.17, 15) is 0 Å². The number of nitrogens with one attached hydrogen (secondary N) is 1. The van der Waals surface area contributed by atoms with E-state index in [1.54, 1.807) is 23.3 Å². The monoisotopic (exact) mass is 224 g/mol. The largest absolute Gasteiger partial charge is 0.308 e. The van der Waals surface area contributed by atoms with E-state index in [-0.39, 0.29) is 0 Å². The predicted molar refractivity (Wildman–Crippen MR) is 60.7 cm³/mol. The molecule has 0 aliphatic rings. The van der Waals surface area contributed by atoms with E-state index in [4.69, 9.17) is 12.2 Å². The van der Waals surface area contributed by atoms with E-state index in [0.29, 0.717) is 5.11 Å². The summed E-state index contributed by atoms with van der Waals surface area (Å²) in [6.45, 7) is 1.95. The molecule has 0 aromatic carbocycles. The van der Waals surface area contributed by atoms with Crippen molar-refractivity contribution in [2.75, 3.05) is 5.32 Å². The maximum Gasteiger partial charge on any atom is 0.189 e. The van der Waals surface area contributed by atoms with Crippen molar-refractivity contribution < 1.29 is 0 Å². The molecule has 0 bridgehead atoms. The minimum absolute atomic E-state index is 0.580. The van der Waals surface area contributed by atoms with Crippen LogP contribution in [0.2, 0.25) is 0 Å². The molecule has 0 fully saturated rings. The fourth-order valence-electron chi connectivity index (χ4n) is 0.947. The van der Waals surface area contributed by atoms with Crippen LogP contribution in [-0.4, -0.2) is 19.6 Å². The highest BCUT2D eigenvalue weighted by atomic mass is 32.1. The third kappa shape index (κ3) is 1.97. The van der Waals surface area contributed by atoms with Crippen molar-refractivity contribution in [3.8, 4) is 0 Å². The topological polar surface area (TPSA) is 42.7 Å². The first kappa shape index (κ1) is 9.29. The van der Waals surface area contributed by atoms with E-state index in [0.717, 1.165) is 10.8 Å². The Bertz CT molecular complexity index is 432. The Kier molecular flexibility index (Phi) is 2.55. The minimum Gasteiger partial charge on any atom is -0.308 e. The van der Waals surface area contributed by atoms with Crippen molar-refractivity contribution in [2.24, 2.45) is 0 Å². The molecule has 72 valence electrons. The van der Waals surface area contributed by atoms with E-state index in [1.807, 2.05) is 12.3 Å². The van der Waals surface area contributed by atoms with Crippen LogP contribution in [0.25, 0.3) is 0 Å². The molecule has 2 aromatic heterocycles. The second-order valence-electron chi connectivity index (χ2n) is 2.69. The highest BCUT2D eigenvalue weighted by molar-refractivity contribution is 7.80. The van der Waals surface area contributed by atoms with Gasteiger partial charge >= 0.3 is 0 Å². The summed E-state index contributed by atoms with van der Waals surface area (Å²) in [5, 5.41) is 6.39. The number of hydrogen-bond donors (Lipinski definition) is 1. The Morgan fingerprint density at radius 2 is 2.50 bits per heavy atom. The first-order chi connectivity index (χ1) is 6.75. The SMILES string of the molecule is Cc1csc(NC(=S)n2ccnc2)n1. The number of anilines is 1. The Morgan fingerprint density at radius 1 is 1.64 bits per heavy atom. The molecular weight excluding hydrogens is 216 g/mol. The van der Waals surface area contributed by atoms with Gasteiger partial charge in [-0.05, 0) is 19.1 Å². The smallest absolute Gasteiger partial charge is 0.189 e. The standard InChI is InChI=1S/C8H8N4S2/c1-6-4-14-7(10-6)11-8(13)12-3-2-9-5-12/h2-5H,1H3,(H,10,11,13). The highest BCUT2D eigenvalue weighted by Gasteiger charge is 2.02. The van der Waals surface area contributed by atoms with Crippen LogP contribution in [0, 0.1) is 6.92 Å². The van der Waals surface area contributed by atoms with Crippen LogP contribution in [-0.2, 0) is 0 Å². The van der Waals surface area contributed by atoms with E-state index >= 15 is 0 Å². The number of thiazole rings is 1. The van der Waals surface area contributed by atoms with Gasteiger partial charge in [-0.3, -0.25) is 4.57 Å². The molecule has 4 nitrogen and oxygen atoms in total. The molecule has 0 saturated carbocycles. The zero-order valence-corrected chi connectivity index (χ0v) is 9.10. The van der Waals surface area contributed by atoms with Gasteiger partial charge < -0.3 is 5.32 Å². The average molecular weight is 224 g/mol. The number of imidazole rings is 1. The van der Waals surface area contributed by atoms with Gasteiger partial charge in [0.15, 0.2) is 10.2 Å². The number of nitrogens with zero attached hydrogens (tertiary/aromatic N) is 3. The Hall–Kier alpha value is -1.27. The molecule has 0 aliphatic carbocycles. The van der Waals surface area contributed by atoms with Gasteiger partial charge in [-0.1, -0.05) is 0 Å². The average Bonchev–Trinajstić information content (AvgIpc) is 2.75. The summed E-state index contributed by atoms with van der Waals surface area (Å²) < 4.78 is 1.73. The van der Waals surface area contributed by atoms with Gasteiger partial charge in [-0.25, -0.2) is 9.97 Å². The molecule has 0 saturated heterocycles.